The predicted octanol–water partition coefficient (Wildman–Crippen LogP) is 6.09. The van der Waals surface area contributed by atoms with Crippen LogP contribution in [0.15, 0.2) is 82.6 Å². The summed E-state index contributed by atoms with van der Waals surface area (Å²) in [6, 6.07) is 22.0. The lowest BCUT2D eigenvalue weighted by Gasteiger charge is -2.43. The third kappa shape index (κ3) is 4.64. The van der Waals surface area contributed by atoms with Crippen LogP contribution in [0.4, 0.5) is 11.4 Å². The molecule has 2 saturated carbocycles. The van der Waals surface area contributed by atoms with Gasteiger partial charge < -0.3 is 15.0 Å². The lowest BCUT2D eigenvalue weighted by molar-refractivity contribution is -0.123. The van der Waals surface area contributed by atoms with Crippen molar-refractivity contribution in [2.75, 3.05) is 16.8 Å². The summed E-state index contributed by atoms with van der Waals surface area (Å²) in [6.07, 6.45) is 0.779. The number of hydrogen-bond acceptors (Lipinski definition) is 7. The number of thioether (sulfide) groups is 1. The zero-order valence-corrected chi connectivity index (χ0v) is 26.5. The molecule has 0 spiro atoms. The molecule has 0 unspecified atom stereocenters. The highest BCUT2D eigenvalue weighted by Gasteiger charge is 2.69. The number of fused-ring (bicyclic) bond motifs is 9. The molecule has 8 rings (SSSR count). The van der Waals surface area contributed by atoms with Gasteiger partial charge in [-0.2, -0.15) is 0 Å². The van der Waals surface area contributed by atoms with Gasteiger partial charge in [0.2, 0.25) is 11.8 Å². The molecule has 0 radical (unpaired) electrons. The van der Waals surface area contributed by atoms with Crippen LogP contribution < -0.4 is 19.8 Å². The van der Waals surface area contributed by atoms with Gasteiger partial charge in [-0.1, -0.05) is 58.8 Å². The lowest BCUT2D eigenvalue weighted by atomic mass is 9.68. The Labute approximate surface area is 272 Å². The molecule has 2 bridgehead atoms. The third-order valence-electron chi connectivity index (χ3n) is 9.76. The van der Waals surface area contributed by atoms with Crippen LogP contribution in [0.2, 0.25) is 5.02 Å². The molecule has 11 heteroatoms. The lowest BCUT2D eigenvalue weighted by Crippen LogP contribution is -2.42. The molecule has 228 valence electrons. The van der Waals surface area contributed by atoms with E-state index < -0.39 is 11.8 Å². The van der Waals surface area contributed by atoms with Gasteiger partial charge in [0.05, 0.1) is 22.5 Å². The smallest absolute Gasteiger partial charge is 0.305 e. The van der Waals surface area contributed by atoms with Crippen molar-refractivity contribution in [2.24, 2.45) is 29.6 Å². The van der Waals surface area contributed by atoms with Crippen LogP contribution in [0.3, 0.4) is 0 Å². The zero-order chi connectivity index (χ0) is 31.0. The van der Waals surface area contributed by atoms with Crippen LogP contribution in [0.5, 0.6) is 5.75 Å². The van der Waals surface area contributed by atoms with E-state index in [9.17, 15) is 19.2 Å². The second-order valence-corrected chi connectivity index (χ2v) is 14.8. The molecule has 4 aromatic rings. The van der Waals surface area contributed by atoms with Gasteiger partial charge in [0.1, 0.15) is 5.75 Å². The first kappa shape index (κ1) is 28.6. The number of rotatable bonds is 6. The molecule has 3 amide bonds. The fraction of sp³-hybridized carbons (Fsp3) is 0.294. The maximum atomic E-state index is 14.0. The molecular formula is C34H28ClN3O5S2. The quantitative estimate of drug-likeness (QED) is 0.243. The number of hydrogen-bond donors (Lipinski definition) is 2. The molecule has 45 heavy (non-hydrogen) atoms. The Kier molecular flexibility index (Phi) is 6.92. The number of amides is 3. The van der Waals surface area contributed by atoms with Crippen molar-refractivity contribution < 1.29 is 19.1 Å². The third-order valence-corrected chi connectivity index (χ3v) is 12.6. The Balaban J connectivity index is 1.12. The van der Waals surface area contributed by atoms with Crippen molar-refractivity contribution in [3.8, 4) is 5.75 Å². The Hall–Kier alpha value is -3.86. The topological polar surface area (TPSA) is 109 Å². The molecular weight excluding hydrogens is 630 g/mol. The minimum absolute atomic E-state index is 0.00355. The van der Waals surface area contributed by atoms with Crippen LogP contribution in [0, 0.1) is 36.5 Å². The molecule has 1 aromatic heterocycles. The van der Waals surface area contributed by atoms with Crippen molar-refractivity contribution in [3.05, 3.63) is 103 Å². The van der Waals surface area contributed by atoms with E-state index >= 15 is 0 Å². The van der Waals surface area contributed by atoms with Crippen molar-refractivity contribution in [2.45, 2.75) is 29.5 Å². The summed E-state index contributed by atoms with van der Waals surface area (Å²) >= 11 is 8.92. The number of carbonyl (C=O) groups is 3. The van der Waals surface area contributed by atoms with E-state index in [-0.39, 0.29) is 58.1 Å². The Morgan fingerprint density at radius 3 is 2.44 bits per heavy atom. The number of imide groups is 1. The van der Waals surface area contributed by atoms with Gasteiger partial charge in [-0.15, -0.1) is 11.8 Å². The van der Waals surface area contributed by atoms with E-state index in [1.54, 1.807) is 36.0 Å². The SMILES string of the molecule is Cc1ccc(NC(=O)COc2ccccc2[C@@H]2c3sc(=O)[nH]c3S[C@@H]3[C@@H]4C[C@@H]([C@@H]5C(=O)N(c6ccc(Cl)cc6)C(=O)[C@@H]45)[C@H]23)cc1. The van der Waals surface area contributed by atoms with Gasteiger partial charge in [-0.05, 0) is 73.6 Å². The minimum atomic E-state index is -0.423. The number of ether oxygens (including phenoxy) is 1. The summed E-state index contributed by atoms with van der Waals surface area (Å²) < 4.78 is 6.17. The predicted molar refractivity (Wildman–Crippen MR) is 174 cm³/mol. The molecule has 1 saturated heterocycles. The first-order valence-electron chi connectivity index (χ1n) is 14.9. The maximum absolute atomic E-state index is 14.0. The average molecular weight is 658 g/mol. The summed E-state index contributed by atoms with van der Waals surface area (Å²) in [6.45, 7) is 1.80. The van der Waals surface area contributed by atoms with Gasteiger partial charge in [0, 0.05) is 32.3 Å². The molecule has 3 aromatic carbocycles. The molecule has 2 N–H and O–H groups in total. The number of nitrogens with one attached hydrogen (secondary N) is 2. The molecule has 2 aliphatic carbocycles. The number of aromatic amines is 1. The van der Waals surface area contributed by atoms with Gasteiger partial charge in [0.25, 0.3) is 5.91 Å². The molecule has 7 atom stereocenters. The summed E-state index contributed by atoms with van der Waals surface area (Å²) in [7, 11) is 0. The van der Waals surface area contributed by atoms with E-state index in [0.717, 1.165) is 27.5 Å². The van der Waals surface area contributed by atoms with E-state index in [0.29, 0.717) is 22.1 Å². The zero-order valence-electron chi connectivity index (χ0n) is 24.1. The Morgan fingerprint density at radius 2 is 1.69 bits per heavy atom. The number of halogens is 1. The summed E-state index contributed by atoms with van der Waals surface area (Å²) in [5, 5.41) is 4.28. The fourth-order valence-electron chi connectivity index (χ4n) is 8.06. The van der Waals surface area contributed by atoms with E-state index in [4.69, 9.17) is 16.3 Å². The fourth-order valence-corrected chi connectivity index (χ4v) is 11.1. The number of anilines is 2. The van der Waals surface area contributed by atoms with Crippen LogP contribution >= 0.6 is 34.7 Å². The van der Waals surface area contributed by atoms with E-state index in [1.807, 2.05) is 55.5 Å². The largest absolute Gasteiger partial charge is 0.483 e. The average Bonchev–Trinajstić information content (AvgIpc) is 3.77. The maximum Gasteiger partial charge on any atom is 0.305 e. The van der Waals surface area contributed by atoms with Gasteiger partial charge in [-0.25, -0.2) is 0 Å². The Morgan fingerprint density at radius 1 is 0.978 bits per heavy atom. The summed E-state index contributed by atoms with van der Waals surface area (Å²) in [5.74, 6) is -1.10. The minimum Gasteiger partial charge on any atom is -0.483 e. The molecule has 3 heterocycles. The van der Waals surface area contributed by atoms with Crippen molar-refractivity contribution in [1.82, 2.24) is 4.98 Å². The number of carbonyl (C=O) groups excluding carboxylic acids is 3. The van der Waals surface area contributed by atoms with Crippen LogP contribution in [0.25, 0.3) is 0 Å². The number of H-pyrrole nitrogens is 1. The summed E-state index contributed by atoms with van der Waals surface area (Å²) in [5.41, 5.74) is 3.21. The van der Waals surface area contributed by atoms with Crippen LogP contribution in [-0.2, 0) is 14.4 Å². The Bertz CT molecular complexity index is 1910. The van der Waals surface area contributed by atoms with Crippen LogP contribution in [-0.4, -0.2) is 34.6 Å². The number of benzene rings is 3. The van der Waals surface area contributed by atoms with Crippen molar-refractivity contribution >= 4 is 63.8 Å². The van der Waals surface area contributed by atoms with E-state index in [2.05, 4.69) is 10.3 Å². The summed E-state index contributed by atoms with van der Waals surface area (Å²) in [4.78, 5) is 58.5. The van der Waals surface area contributed by atoms with Gasteiger partial charge >= 0.3 is 4.87 Å². The highest BCUT2D eigenvalue weighted by atomic mass is 35.5. The van der Waals surface area contributed by atoms with Crippen molar-refractivity contribution in [1.29, 1.82) is 0 Å². The normalized spacial score (nSPS) is 27.7. The van der Waals surface area contributed by atoms with Crippen molar-refractivity contribution in [3.63, 3.8) is 0 Å². The first-order chi connectivity index (χ1) is 21.8. The monoisotopic (exact) mass is 657 g/mol. The van der Waals surface area contributed by atoms with Crippen LogP contribution in [0.1, 0.15) is 28.3 Å². The molecule has 2 aliphatic heterocycles. The highest BCUT2D eigenvalue weighted by molar-refractivity contribution is 8.00. The molecule has 3 fully saturated rings. The van der Waals surface area contributed by atoms with Gasteiger partial charge in [-0.3, -0.25) is 24.1 Å². The first-order valence-corrected chi connectivity index (χ1v) is 17.0. The van der Waals surface area contributed by atoms with E-state index in [1.165, 1.54) is 16.2 Å². The highest BCUT2D eigenvalue weighted by Crippen LogP contribution is 2.69. The molecule has 8 nitrogen and oxygen atoms in total. The second kappa shape index (κ2) is 10.9. The number of aromatic nitrogens is 1. The number of aryl methyl sites for hydroxylation is 1. The molecule has 4 aliphatic rings. The number of para-hydroxylation sites is 1. The standard InChI is InChI=1S/C34H28ClN3O5S2/c1-16-6-10-18(11-7-16)36-24(39)15-43-23-5-3-2-4-20(23)25-26-21-14-22(29(26)44-31-30(25)45-34(42)37-31)28-27(21)32(40)38(33(28)41)19-12-8-17(35)9-13-19/h2-13,21-22,25-29H,14-15H2,1H3,(H,36,39)(H,37,42)/t21-,22-,25+,26-,27+,28+,29-/m1/s1. The second-order valence-electron chi connectivity index (χ2n) is 12.2. The number of nitrogens with zero attached hydrogens (tertiary/aromatic N) is 1. The van der Waals surface area contributed by atoms with Gasteiger partial charge in [0.15, 0.2) is 6.61 Å². The number of thiazole rings is 1.